The summed E-state index contributed by atoms with van der Waals surface area (Å²) in [6.45, 7) is 7.54. The fourth-order valence-corrected chi connectivity index (χ4v) is 4.19. The molecule has 0 bridgehead atoms. The van der Waals surface area contributed by atoms with Crippen LogP contribution < -0.4 is 10.6 Å². The normalized spacial score (nSPS) is 22.4. The van der Waals surface area contributed by atoms with Crippen molar-refractivity contribution < 1.29 is 5.11 Å². The third-order valence-corrected chi connectivity index (χ3v) is 5.59. The first-order valence-corrected chi connectivity index (χ1v) is 10.1. The number of nitrogens with zero attached hydrogens (tertiary/aromatic N) is 1. The van der Waals surface area contributed by atoms with Crippen LogP contribution in [-0.2, 0) is 0 Å². The van der Waals surface area contributed by atoms with E-state index in [0.717, 1.165) is 23.3 Å². The molecule has 1 aromatic rings. The number of aryl methyl sites for hydroxylation is 1. The van der Waals surface area contributed by atoms with Crippen molar-refractivity contribution in [2.45, 2.75) is 57.4 Å². The number of benzene rings is 1. The van der Waals surface area contributed by atoms with Gasteiger partial charge in [-0.2, -0.15) is 11.8 Å². The second kappa shape index (κ2) is 9.94. The average Bonchev–Trinajstić information content (AvgIpc) is 3.01. The molecule has 2 rings (SSSR count). The van der Waals surface area contributed by atoms with E-state index in [-0.39, 0.29) is 0 Å². The minimum absolute atomic E-state index is 0.373. The van der Waals surface area contributed by atoms with E-state index >= 15 is 0 Å². The number of aliphatic hydroxyl groups is 1. The molecule has 0 heterocycles. The highest BCUT2D eigenvalue weighted by Crippen LogP contribution is 2.29. The van der Waals surface area contributed by atoms with E-state index in [4.69, 9.17) is 0 Å². The lowest BCUT2D eigenvalue weighted by Crippen LogP contribution is -2.42. The summed E-state index contributed by atoms with van der Waals surface area (Å²) >= 11 is 2.06. The van der Waals surface area contributed by atoms with Gasteiger partial charge in [0.2, 0.25) is 0 Å². The molecule has 24 heavy (non-hydrogen) atoms. The van der Waals surface area contributed by atoms with Gasteiger partial charge in [-0.25, -0.2) is 0 Å². The summed E-state index contributed by atoms with van der Waals surface area (Å²) < 4.78 is 0. The van der Waals surface area contributed by atoms with Crippen molar-refractivity contribution in [3.63, 3.8) is 0 Å². The van der Waals surface area contributed by atoms with Crippen molar-refractivity contribution in [3.05, 3.63) is 35.4 Å². The summed E-state index contributed by atoms with van der Waals surface area (Å²) in [5.74, 6) is 2.00. The molecule has 0 spiro atoms. The van der Waals surface area contributed by atoms with E-state index in [2.05, 4.69) is 41.2 Å². The molecule has 0 saturated heterocycles. The summed E-state index contributed by atoms with van der Waals surface area (Å²) in [5.41, 5.74) is 2.12. The van der Waals surface area contributed by atoms with Crippen LogP contribution in [-0.4, -0.2) is 41.2 Å². The maximum atomic E-state index is 10.3. The first-order valence-electron chi connectivity index (χ1n) is 9.03. The molecular weight excluding hydrogens is 318 g/mol. The third-order valence-electron chi connectivity index (χ3n) is 4.36. The van der Waals surface area contributed by atoms with Crippen LogP contribution in [0.4, 0.5) is 0 Å². The maximum Gasteiger partial charge on any atom is 0.191 e. The highest BCUT2D eigenvalue weighted by atomic mass is 32.2. The van der Waals surface area contributed by atoms with Gasteiger partial charge in [-0.3, -0.25) is 4.99 Å². The van der Waals surface area contributed by atoms with Crippen LogP contribution >= 0.6 is 11.8 Å². The highest BCUT2D eigenvalue weighted by Gasteiger charge is 2.25. The van der Waals surface area contributed by atoms with Crippen molar-refractivity contribution in [3.8, 4) is 0 Å². The summed E-state index contributed by atoms with van der Waals surface area (Å²) in [6.07, 6.45) is 3.11. The topological polar surface area (TPSA) is 56.7 Å². The third kappa shape index (κ3) is 6.02. The molecule has 3 unspecified atom stereocenters. The number of thioether (sulfide) groups is 1. The quantitative estimate of drug-likeness (QED) is 0.522. The number of aliphatic hydroxyl groups excluding tert-OH is 1. The van der Waals surface area contributed by atoms with Crippen molar-refractivity contribution >= 4 is 17.7 Å². The van der Waals surface area contributed by atoms with E-state index in [0.29, 0.717) is 12.6 Å². The summed E-state index contributed by atoms with van der Waals surface area (Å²) in [6, 6.07) is 8.48. The zero-order valence-electron chi connectivity index (χ0n) is 15.1. The van der Waals surface area contributed by atoms with Crippen molar-refractivity contribution in [2.75, 3.05) is 18.8 Å². The van der Waals surface area contributed by atoms with Crippen LogP contribution in [0.1, 0.15) is 50.3 Å². The first kappa shape index (κ1) is 19.1. The molecule has 134 valence electrons. The van der Waals surface area contributed by atoms with E-state index in [1.165, 1.54) is 30.6 Å². The minimum Gasteiger partial charge on any atom is -0.386 e. The van der Waals surface area contributed by atoms with Gasteiger partial charge < -0.3 is 15.7 Å². The monoisotopic (exact) mass is 349 g/mol. The van der Waals surface area contributed by atoms with Gasteiger partial charge >= 0.3 is 0 Å². The zero-order chi connectivity index (χ0) is 17.4. The fraction of sp³-hybridized carbons (Fsp3) is 0.632. The summed E-state index contributed by atoms with van der Waals surface area (Å²) in [4.78, 5) is 4.58. The van der Waals surface area contributed by atoms with Gasteiger partial charge in [-0.1, -0.05) is 36.8 Å². The Hall–Kier alpha value is -1.20. The molecule has 1 aliphatic rings. The van der Waals surface area contributed by atoms with Crippen LogP contribution in [0.25, 0.3) is 0 Å². The van der Waals surface area contributed by atoms with Crippen LogP contribution in [0.15, 0.2) is 29.3 Å². The number of nitrogens with one attached hydrogen (secondary N) is 2. The standard InChI is InChI=1S/C19H31N3OS/c1-4-20-19(22-16-10-11-17(12-16)24-5-2)21-13-18(23)15-8-6-14(3)7-9-15/h6-9,16-18,23H,4-5,10-13H2,1-3H3,(H2,20,21,22). The number of hydrogen-bond donors (Lipinski definition) is 3. The second-order valence-corrected chi connectivity index (χ2v) is 7.96. The highest BCUT2D eigenvalue weighted by molar-refractivity contribution is 7.99. The van der Waals surface area contributed by atoms with Gasteiger partial charge in [0.1, 0.15) is 0 Å². The zero-order valence-corrected chi connectivity index (χ0v) is 15.9. The fourth-order valence-electron chi connectivity index (χ4n) is 3.04. The van der Waals surface area contributed by atoms with Crippen molar-refractivity contribution in [1.82, 2.24) is 10.6 Å². The number of aliphatic imine (C=N–C) groups is 1. The first-order chi connectivity index (χ1) is 11.6. The Morgan fingerprint density at radius 2 is 2.04 bits per heavy atom. The molecule has 3 atom stereocenters. The average molecular weight is 350 g/mol. The summed E-state index contributed by atoms with van der Waals surface area (Å²) in [7, 11) is 0. The molecule has 3 N–H and O–H groups in total. The van der Waals surface area contributed by atoms with E-state index in [9.17, 15) is 5.11 Å². The number of rotatable bonds is 7. The molecule has 0 amide bonds. The van der Waals surface area contributed by atoms with Gasteiger partial charge in [-0.15, -0.1) is 0 Å². The molecule has 0 radical (unpaired) electrons. The van der Waals surface area contributed by atoms with Crippen molar-refractivity contribution in [1.29, 1.82) is 0 Å². The summed E-state index contributed by atoms with van der Waals surface area (Å²) in [5, 5.41) is 17.9. The predicted molar refractivity (Wildman–Crippen MR) is 105 cm³/mol. The van der Waals surface area contributed by atoms with E-state index < -0.39 is 6.10 Å². The number of hydrogen-bond acceptors (Lipinski definition) is 3. The Kier molecular flexibility index (Phi) is 7.92. The van der Waals surface area contributed by atoms with Crippen LogP contribution in [0.3, 0.4) is 0 Å². The molecule has 5 heteroatoms. The Balaban J connectivity index is 1.89. The predicted octanol–water partition coefficient (Wildman–Crippen LogP) is 3.26. The molecule has 0 aromatic heterocycles. The lowest BCUT2D eigenvalue weighted by molar-refractivity contribution is 0.187. The molecule has 1 fully saturated rings. The van der Waals surface area contributed by atoms with Crippen LogP contribution in [0, 0.1) is 6.92 Å². The van der Waals surface area contributed by atoms with E-state index in [1.54, 1.807) is 0 Å². The van der Waals surface area contributed by atoms with Gasteiger partial charge in [0.25, 0.3) is 0 Å². The number of guanidine groups is 1. The Morgan fingerprint density at radius 3 is 2.71 bits per heavy atom. The van der Waals surface area contributed by atoms with Crippen molar-refractivity contribution in [2.24, 2.45) is 4.99 Å². The lowest BCUT2D eigenvalue weighted by Gasteiger charge is -2.18. The second-order valence-electron chi connectivity index (χ2n) is 6.38. The lowest BCUT2D eigenvalue weighted by atomic mass is 10.1. The Morgan fingerprint density at radius 1 is 1.29 bits per heavy atom. The van der Waals surface area contributed by atoms with Crippen LogP contribution in [0.5, 0.6) is 0 Å². The molecule has 4 nitrogen and oxygen atoms in total. The Labute approximate surface area is 150 Å². The van der Waals surface area contributed by atoms with Gasteiger partial charge in [0, 0.05) is 17.8 Å². The molecule has 0 aliphatic heterocycles. The molecule has 1 saturated carbocycles. The van der Waals surface area contributed by atoms with Gasteiger partial charge in [0.15, 0.2) is 5.96 Å². The largest absolute Gasteiger partial charge is 0.386 e. The minimum atomic E-state index is -0.562. The van der Waals surface area contributed by atoms with E-state index in [1.807, 2.05) is 31.2 Å². The van der Waals surface area contributed by atoms with Gasteiger partial charge in [-0.05, 0) is 44.4 Å². The molecular formula is C19H31N3OS. The van der Waals surface area contributed by atoms with Crippen LogP contribution in [0.2, 0.25) is 0 Å². The smallest absolute Gasteiger partial charge is 0.191 e. The van der Waals surface area contributed by atoms with Gasteiger partial charge in [0.05, 0.1) is 12.6 Å². The Bertz CT molecular complexity index is 518. The molecule has 1 aromatic carbocycles. The molecule has 1 aliphatic carbocycles. The maximum absolute atomic E-state index is 10.3. The SMILES string of the molecule is CCNC(=NCC(O)c1ccc(C)cc1)NC1CCC(SCC)C1.